The number of hydrogen-bond donors (Lipinski definition) is 0. The second-order valence-electron chi connectivity index (χ2n) is 6.45. The molecule has 0 atom stereocenters. The molecule has 20 heavy (non-hydrogen) atoms. The molecule has 4 heteroatoms. The number of piperidine rings is 2. The van der Waals surface area contributed by atoms with Crippen molar-refractivity contribution in [3.63, 3.8) is 0 Å². The molecule has 0 radical (unpaired) electrons. The summed E-state index contributed by atoms with van der Waals surface area (Å²) >= 11 is 0. The van der Waals surface area contributed by atoms with Gasteiger partial charge in [-0.15, -0.1) is 0 Å². The molecule has 1 amide bonds. The molecule has 2 aliphatic rings. The molecule has 2 saturated heterocycles. The van der Waals surface area contributed by atoms with Crippen LogP contribution in [0.25, 0.3) is 0 Å². The van der Waals surface area contributed by atoms with Crippen molar-refractivity contribution in [3.8, 4) is 0 Å². The predicted molar refractivity (Wildman–Crippen MR) is 80.7 cm³/mol. The summed E-state index contributed by atoms with van der Waals surface area (Å²) in [5, 5.41) is 0. The lowest BCUT2D eigenvalue weighted by Crippen LogP contribution is -2.44. The number of carbonyl (C=O) groups excluding carboxylic acids is 1. The summed E-state index contributed by atoms with van der Waals surface area (Å²) in [5.41, 5.74) is 0. The van der Waals surface area contributed by atoms with Gasteiger partial charge in [0.15, 0.2) is 0 Å². The molecule has 0 aromatic heterocycles. The first-order valence-corrected chi connectivity index (χ1v) is 8.26. The molecule has 0 aromatic rings. The van der Waals surface area contributed by atoms with E-state index in [-0.39, 0.29) is 5.92 Å². The molecule has 0 aliphatic carbocycles. The number of nitrogens with zero attached hydrogens (tertiary/aromatic N) is 2. The van der Waals surface area contributed by atoms with Crippen molar-refractivity contribution >= 4 is 5.91 Å². The zero-order valence-electron chi connectivity index (χ0n) is 13.3. The highest BCUT2D eigenvalue weighted by atomic mass is 16.5. The van der Waals surface area contributed by atoms with Crippen LogP contribution >= 0.6 is 0 Å². The Kier molecular flexibility index (Phi) is 5.85. The lowest BCUT2D eigenvalue weighted by molar-refractivity contribution is -0.138. The van der Waals surface area contributed by atoms with Gasteiger partial charge in [0.05, 0.1) is 12.2 Å². The highest BCUT2D eigenvalue weighted by Gasteiger charge is 2.27. The van der Waals surface area contributed by atoms with Gasteiger partial charge in [0.1, 0.15) is 0 Å². The highest BCUT2D eigenvalue weighted by molar-refractivity contribution is 5.78. The summed E-state index contributed by atoms with van der Waals surface area (Å²) in [4.78, 5) is 16.4. The first-order chi connectivity index (χ1) is 9.60. The Hall–Kier alpha value is -0.610. The number of ether oxygens (including phenoxy) is 1. The summed E-state index contributed by atoms with van der Waals surface area (Å²) in [6.45, 7) is 11.4. The Morgan fingerprint density at radius 1 is 1.05 bits per heavy atom. The number of rotatable bonds is 4. The van der Waals surface area contributed by atoms with Gasteiger partial charge in [-0.3, -0.25) is 4.79 Å². The first kappa shape index (κ1) is 15.8. The van der Waals surface area contributed by atoms with Crippen LogP contribution in [0.3, 0.4) is 0 Å². The van der Waals surface area contributed by atoms with E-state index in [9.17, 15) is 4.79 Å². The highest BCUT2D eigenvalue weighted by Crippen LogP contribution is 2.21. The van der Waals surface area contributed by atoms with E-state index in [1.165, 1.54) is 25.9 Å². The summed E-state index contributed by atoms with van der Waals surface area (Å²) in [5.74, 6) is 0.408. The summed E-state index contributed by atoms with van der Waals surface area (Å²) in [6, 6.07) is 0. The molecule has 2 rings (SSSR count). The van der Waals surface area contributed by atoms with E-state index in [0.717, 1.165) is 32.5 Å². The van der Waals surface area contributed by atoms with E-state index in [0.29, 0.717) is 18.1 Å². The van der Waals surface area contributed by atoms with Gasteiger partial charge in [0, 0.05) is 32.1 Å². The third-order valence-corrected chi connectivity index (χ3v) is 4.61. The van der Waals surface area contributed by atoms with E-state index in [4.69, 9.17) is 4.74 Å². The summed E-state index contributed by atoms with van der Waals surface area (Å²) in [7, 11) is 0. The Bertz CT molecular complexity index is 304. The van der Waals surface area contributed by atoms with E-state index in [2.05, 4.69) is 11.8 Å². The fraction of sp³-hybridized carbons (Fsp3) is 0.938. The van der Waals surface area contributed by atoms with Crippen molar-refractivity contribution in [1.29, 1.82) is 0 Å². The minimum atomic E-state index is 0.117. The van der Waals surface area contributed by atoms with Gasteiger partial charge in [0.25, 0.3) is 0 Å². The van der Waals surface area contributed by atoms with Crippen LogP contribution in [0.1, 0.15) is 46.5 Å². The Labute approximate surface area is 123 Å². The van der Waals surface area contributed by atoms with Gasteiger partial charge >= 0.3 is 0 Å². The maximum atomic E-state index is 11.9. The van der Waals surface area contributed by atoms with Crippen LogP contribution in [0.5, 0.6) is 0 Å². The minimum Gasteiger partial charge on any atom is -0.375 e. The lowest BCUT2D eigenvalue weighted by atomic mass is 10.0. The monoisotopic (exact) mass is 282 g/mol. The standard InChI is InChI=1S/C16H30N2O2/c1-4-17-9-5-14(6-10-17)20-15-7-11-18(12-8-15)16(19)13(2)3/h13-15H,4-12H2,1-3H3. The average molecular weight is 282 g/mol. The molecule has 0 spiro atoms. The normalized spacial score (nSPS) is 23.5. The molecule has 2 fully saturated rings. The minimum absolute atomic E-state index is 0.117. The molecule has 116 valence electrons. The zero-order valence-corrected chi connectivity index (χ0v) is 13.3. The smallest absolute Gasteiger partial charge is 0.225 e. The van der Waals surface area contributed by atoms with Crippen LogP contribution in [-0.2, 0) is 9.53 Å². The van der Waals surface area contributed by atoms with Crippen LogP contribution in [0.4, 0.5) is 0 Å². The molecule has 4 nitrogen and oxygen atoms in total. The Morgan fingerprint density at radius 3 is 2.00 bits per heavy atom. The van der Waals surface area contributed by atoms with Crippen molar-refractivity contribution in [3.05, 3.63) is 0 Å². The third kappa shape index (κ3) is 4.19. The van der Waals surface area contributed by atoms with Gasteiger partial charge in [-0.05, 0) is 32.2 Å². The molecule has 0 unspecified atom stereocenters. The van der Waals surface area contributed by atoms with Gasteiger partial charge < -0.3 is 14.5 Å². The van der Waals surface area contributed by atoms with Gasteiger partial charge in [0.2, 0.25) is 5.91 Å². The van der Waals surface area contributed by atoms with Crippen LogP contribution in [0.2, 0.25) is 0 Å². The molecule has 2 heterocycles. The molecule has 0 N–H and O–H groups in total. The largest absolute Gasteiger partial charge is 0.375 e. The second kappa shape index (κ2) is 7.41. The van der Waals surface area contributed by atoms with Gasteiger partial charge in [-0.1, -0.05) is 20.8 Å². The van der Waals surface area contributed by atoms with Crippen LogP contribution in [0.15, 0.2) is 0 Å². The Balaban J connectivity index is 1.68. The van der Waals surface area contributed by atoms with E-state index < -0.39 is 0 Å². The van der Waals surface area contributed by atoms with Gasteiger partial charge in [-0.2, -0.15) is 0 Å². The lowest BCUT2D eigenvalue weighted by Gasteiger charge is -2.37. The van der Waals surface area contributed by atoms with Crippen molar-refractivity contribution < 1.29 is 9.53 Å². The van der Waals surface area contributed by atoms with E-state index in [1.54, 1.807) is 0 Å². The second-order valence-corrected chi connectivity index (χ2v) is 6.45. The number of carbonyl (C=O) groups is 1. The Morgan fingerprint density at radius 2 is 1.55 bits per heavy atom. The maximum Gasteiger partial charge on any atom is 0.225 e. The number of amides is 1. The van der Waals surface area contributed by atoms with Crippen LogP contribution in [-0.4, -0.2) is 60.6 Å². The third-order valence-electron chi connectivity index (χ3n) is 4.61. The van der Waals surface area contributed by atoms with E-state index in [1.807, 2.05) is 18.7 Å². The number of likely N-dealkylation sites (tertiary alicyclic amines) is 2. The van der Waals surface area contributed by atoms with Crippen LogP contribution in [0, 0.1) is 5.92 Å². The first-order valence-electron chi connectivity index (χ1n) is 8.26. The van der Waals surface area contributed by atoms with Crippen molar-refractivity contribution in [2.24, 2.45) is 5.92 Å². The summed E-state index contributed by atoms with van der Waals surface area (Å²) in [6.07, 6.45) is 5.15. The average Bonchev–Trinajstić information content (AvgIpc) is 2.48. The predicted octanol–water partition coefficient (Wildman–Crippen LogP) is 2.13. The van der Waals surface area contributed by atoms with Gasteiger partial charge in [-0.25, -0.2) is 0 Å². The molecule has 2 aliphatic heterocycles. The SMILES string of the molecule is CCN1CCC(OC2CCN(C(=O)C(C)C)CC2)CC1. The zero-order chi connectivity index (χ0) is 14.5. The number of hydrogen-bond acceptors (Lipinski definition) is 3. The van der Waals surface area contributed by atoms with Crippen molar-refractivity contribution in [1.82, 2.24) is 9.80 Å². The topological polar surface area (TPSA) is 32.8 Å². The van der Waals surface area contributed by atoms with Crippen molar-refractivity contribution in [2.75, 3.05) is 32.7 Å². The molecule has 0 aromatic carbocycles. The fourth-order valence-corrected chi connectivity index (χ4v) is 3.21. The van der Waals surface area contributed by atoms with Crippen LogP contribution < -0.4 is 0 Å². The molecular formula is C16H30N2O2. The van der Waals surface area contributed by atoms with Crippen molar-refractivity contribution in [2.45, 2.75) is 58.7 Å². The van der Waals surface area contributed by atoms with E-state index >= 15 is 0 Å². The quantitative estimate of drug-likeness (QED) is 0.792. The molecular weight excluding hydrogens is 252 g/mol. The fourth-order valence-electron chi connectivity index (χ4n) is 3.21. The summed E-state index contributed by atoms with van der Waals surface area (Å²) < 4.78 is 6.25. The maximum absolute atomic E-state index is 11.9. The molecule has 0 bridgehead atoms. The molecule has 0 saturated carbocycles.